The summed E-state index contributed by atoms with van der Waals surface area (Å²) < 4.78 is 40.9. The summed E-state index contributed by atoms with van der Waals surface area (Å²) in [6.45, 7) is 2.67. The highest BCUT2D eigenvalue weighted by Gasteiger charge is 2.47. The first-order chi connectivity index (χ1) is 9.91. The Kier molecular flexibility index (Phi) is 6.15. The fourth-order valence-corrected chi connectivity index (χ4v) is 4.90. The molecule has 3 atom stereocenters. The van der Waals surface area contributed by atoms with Crippen LogP contribution in [-0.4, -0.2) is 18.8 Å². The molecule has 0 aliphatic heterocycles. The first-order valence-electron chi connectivity index (χ1n) is 7.46. The summed E-state index contributed by atoms with van der Waals surface area (Å²) in [4.78, 5) is 1.14. The Morgan fingerprint density at radius 3 is 2.62 bits per heavy atom. The molecule has 0 spiro atoms. The van der Waals surface area contributed by atoms with Gasteiger partial charge in [0.15, 0.2) is 0 Å². The molecule has 1 aliphatic rings. The highest BCUT2D eigenvalue weighted by atomic mass is 79.9. The normalized spacial score (nSPS) is 25.0. The van der Waals surface area contributed by atoms with E-state index in [0.717, 1.165) is 15.1 Å². The minimum absolute atomic E-state index is 0.0903. The number of rotatable bonds is 5. The molecule has 1 saturated carbocycles. The van der Waals surface area contributed by atoms with Crippen molar-refractivity contribution in [2.45, 2.75) is 51.2 Å². The number of thiophene rings is 1. The van der Waals surface area contributed by atoms with E-state index in [1.54, 1.807) is 11.3 Å². The van der Waals surface area contributed by atoms with E-state index in [-0.39, 0.29) is 18.4 Å². The maximum atomic E-state index is 13.3. The maximum Gasteiger partial charge on any atom is 0.392 e. The molecule has 6 heteroatoms. The second-order valence-corrected chi connectivity index (χ2v) is 8.22. The van der Waals surface area contributed by atoms with Gasteiger partial charge in [-0.05, 0) is 59.8 Å². The van der Waals surface area contributed by atoms with Crippen LogP contribution in [0.1, 0.15) is 37.5 Å². The molecular weight excluding hydrogens is 363 g/mol. The van der Waals surface area contributed by atoms with Crippen molar-refractivity contribution in [2.75, 3.05) is 6.54 Å². The van der Waals surface area contributed by atoms with E-state index in [4.69, 9.17) is 0 Å². The van der Waals surface area contributed by atoms with E-state index in [1.165, 1.54) is 0 Å². The van der Waals surface area contributed by atoms with Gasteiger partial charge in [-0.3, -0.25) is 0 Å². The lowest BCUT2D eigenvalue weighted by Crippen LogP contribution is -2.46. The summed E-state index contributed by atoms with van der Waals surface area (Å²) in [5, 5.41) is 3.30. The molecule has 0 amide bonds. The molecule has 0 saturated heterocycles. The second-order valence-electron chi connectivity index (χ2n) is 5.67. The Bertz CT molecular complexity index is 446. The lowest BCUT2D eigenvalue weighted by Gasteiger charge is -2.38. The fraction of sp³-hybridized carbons (Fsp3) is 0.733. The van der Waals surface area contributed by atoms with E-state index in [2.05, 4.69) is 21.2 Å². The summed E-state index contributed by atoms with van der Waals surface area (Å²) in [6.07, 6.45) is -0.827. The number of likely N-dealkylation sites (N-methyl/N-ethyl adjacent to an activating group) is 1. The van der Waals surface area contributed by atoms with Crippen LogP contribution >= 0.6 is 27.3 Å². The summed E-state index contributed by atoms with van der Waals surface area (Å²) in [5.74, 6) is -1.46. The molecule has 1 N–H and O–H groups in total. The van der Waals surface area contributed by atoms with Gasteiger partial charge in [-0.2, -0.15) is 13.2 Å². The van der Waals surface area contributed by atoms with Crippen LogP contribution in [0.5, 0.6) is 0 Å². The van der Waals surface area contributed by atoms with Crippen molar-refractivity contribution in [3.63, 3.8) is 0 Å². The van der Waals surface area contributed by atoms with Crippen LogP contribution in [0.25, 0.3) is 0 Å². The average Bonchev–Trinajstić information content (AvgIpc) is 2.83. The van der Waals surface area contributed by atoms with Crippen molar-refractivity contribution in [3.8, 4) is 0 Å². The van der Waals surface area contributed by atoms with Gasteiger partial charge in [0.05, 0.1) is 9.70 Å². The van der Waals surface area contributed by atoms with Gasteiger partial charge >= 0.3 is 6.18 Å². The topological polar surface area (TPSA) is 12.0 Å². The first-order valence-corrected chi connectivity index (χ1v) is 9.07. The lowest BCUT2D eigenvalue weighted by molar-refractivity contribution is -0.199. The van der Waals surface area contributed by atoms with Gasteiger partial charge in [-0.25, -0.2) is 0 Å². The number of alkyl halides is 3. The van der Waals surface area contributed by atoms with Crippen LogP contribution in [0, 0.1) is 11.8 Å². The summed E-state index contributed by atoms with van der Waals surface area (Å²) in [7, 11) is 0. The number of hydrogen-bond acceptors (Lipinski definition) is 2. The van der Waals surface area contributed by atoms with Crippen molar-refractivity contribution in [2.24, 2.45) is 11.8 Å². The van der Waals surface area contributed by atoms with Crippen molar-refractivity contribution in [1.82, 2.24) is 5.32 Å². The smallest absolute Gasteiger partial charge is 0.314 e. The molecule has 1 aliphatic carbocycles. The quantitative estimate of drug-likeness (QED) is 0.717. The third-order valence-electron chi connectivity index (χ3n) is 4.27. The van der Waals surface area contributed by atoms with Gasteiger partial charge < -0.3 is 5.32 Å². The fourth-order valence-electron chi connectivity index (χ4n) is 3.36. The zero-order chi connectivity index (χ0) is 15.5. The zero-order valence-corrected chi connectivity index (χ0v) is 14.5. The van der Waals surface area contributed by atoms with Crippen molar-refractivity contribution in [3.05, 3.63) is 20.8 Å². The standard InChI is InChI=1S/C15H21BrF3NS/c1-2-20-13(9-10-7-8-14(16)21-10)11-5-3-4-6-12(11)15(17,18)19/h7-8,11-13,20H,2-6,9H2,1H3. The van der Waals surface area contributed by atoms with Gasteiger partial charge in [-0.15, -0.1) is 11.3 Å². The monoisotopic (exact) mass is 383 g/mol. The van der Waals surface area contributed by atoms with Gasteiger partial charge in [-0.1, -0.05) is 19.8 Å². The van der Waals surface area contributed by atoms with Crippen LogP contribution < -0.4 is 5.32 Å². The molecule has 21 heavy (non-hydrogen) atoms. The Morgan fingerprint density at radius 1 is 1.33 bits per heavy atom. The molecule has 1 aromatic heterocycles. The molecular formula is C15H21BrF3NS. The Morgan fingerprint density at radius 2 is 2.05 bits per heavy atom. The van der Waals surface area contributed by atoms with E-state index < -0.39 is 12.1 Å². The molecule has 1 aromatic rings. The van der Waals surface area contributed by atoms with Gasteiger partial charge in [0.2, 0.25) is 0 Å². The predicted molar refractivity (Wildman–Crippen MR) is 84.7 cm³/mol. The van der Waals surface area contributed by atoms with Crippen molar-refractivity contribution < 1.29 is 13.2 Å². The molecule has 2 rings (SSSR count). The number of nitrogens with one attached hydrogen (secondary N) is 1. The number of halogens is 4. The van der Waals surface area contributed by atoms with Gasteiger partial charge in [0.25, 0.3) is 0 Å². The Labute approximate surface area is 136 Å². The maximum absolute atomic E-state index is 13.3. The molecule has 120 valence electrons. The Balaban J connectivity index is 2.14. The molecule has 1 nitrogen and oxygen atoms in total. The molecule has 1 heterocycles. The zero-order valence-electron chi connectivity index (χ0n) is 12.0. The molecule has 0 aromatic carbocycles. The number of hydrogen-bond donors (Lipinski definition) is 1. The summed E-state index contributed by atoms with van der Waals surface area (Å²) in [5.41, 5.74) is 0. The molecule has 1 fully saturated rings. The van der Waals surface area contributed by atoms with Gasteiger partial charge in [0.1, 0.15) is 0 Å². The van der Waals surface area contributed by atoms with Crippen LogP contribution in [0.2, 0.25) is 0 Å². The van der Waals surface area contributed by atoms with Crippen LogP contribution in [-0.2, 0) is 6.42 Å². The molecule has 0 radical (unpaired) electrons. The predicted octanol–water partition coefficient (Wildman–Crippen LogP) is 5.40. The van der Waals surface area contributed by atoms with Gasteiger partial charge in [0, 0.05) is 10.9 Å². The minimum atomic E-state index is -4.07. The van der Waals surface area contributed by atoms with Crippen molar-refractivity contribution >= 4 is 27.3 Å². The largest absolute Gasteiger partial charge is 0.392 e. The highest BCUT2D eigenvalue weighted by molar-refractivity contribution is 9.11. The van der Waals surface area contributed by atoms with E-state index in [9.17, 15) is 13.2 Å². The van der Waals surface area contributed by atoms with Crippen LogP contribution in [0.3, 0.4) is 0 Å². The molecule has 3 unspecified atom stereocenters. The highest BCUT2D eigenvalue weighted by Crippen LogP contribution is 2.43. The first kappa shape index (κ1) is 17.3. The van der Waals surface area contributed by atoms with E-state index in [1.807, 2.05) is 19.1 Å². The van der Waals surface area contributed by atoms with Crippen LogP contribution in [0.4, 0.5) is 13.2 Å². The second kappa shape index (κ2) is 7.47. The summed E-state index contributed by atoms with van der Waals surface area (Å²) >= 11 is 5.03. The average molecular weight is 384 g/mol. The minimum Gasteiger partial charge on any atom is -0.314 e. The third kappa shape index (κ3) is 4.70. The van der Waals surface area contributed by atoms with Crippen molar-refractivity contribution in [1.29, 1.82) is 0 Å². The molecule has 0 bridgehead atoms. The van der Waals surface area contributed by atoms with E-state index >= 15 is 0 Å². The lowest BCUT2D eigenvalue weighted by atomic mass is 9.74. The Hall–Kier alpha value is -0.0700. The summed E-state index contributed by atoms with van der Waals surface area (Å²) in [6, 6.07) is 3.88. The van der Waals surface area contributed by atoms with Crippen LogP contribution in [0.15, 0.2) is 15.9 Å². The van der Waals surface area contributed by atoms with E-state index in [0.29, 0.717) is 25.8 Å². The SMILES string of the molecule is CCNC(Cc1ccc(Br)s1)C1CCCCC1C(F)(F)F. The third-order valence-corrected chi connectivity index (χ3v) is 5.92.